The maximum absolute atomic E-state index is 11.6. The molecule has 0 spiro atoms. The normalized spacial score (nSPS) is 9.69. The molecule has 2 N–H and O–H groups in total. The summed E-state index contributed by atoms with van der Waals surface area (Å²) < 4.78 is 0. The fraction of sp³-hybridized carbons (Fsp3) is 0.100. The first-order valence-electron chi connectivity index (χ1n) is 4.55. The summed E-state index contributed by atoms with van der Waals surface area (Å²) in [4.78, 5) is 12.6. The second kappa shape index (κ2) is 4.59. The predicted octanol–water partition coefficient (Wildman–Crippen LogP) is 1.52. The van der Waals surface area contributed by atoms with Gasteiger partial charge in [0.1, 0.15) is 17.5 Å². The Balaban J connectivity index is 2.01. The molecule has 2 aromatic rings. The first kappa shape index (κ1) is 10.4. The number of nitrogens with zero attached hydrogens (tertiary/aromatic N) is 2. The maximum Gasteiger partial charge on any atom is 0.230 e. The van der Waals surface area contributed by atoms with E-state index in [2.05, 4.69) is 15.5 Å². The monoisotopic (exact) mass is 232 g/mol. The van der Waals surface area contributed by atoms with Gasteiger partial charge in [-0.2, -0.15) is 10.4 Å². The van der Waals surface area contributed by atoms with Crippen LogP contribution in [0.15, 0.2) is 23.7 Å². The third kappa shape index (κ3) is 2.27. The Kier molecular flexibility index (Phi) is 2.98. The lowest BCUT2D eigenvalue weighted by atomic mass is 10.3. The Morgan fingerprint density at radius 1 is 1.69 bits per heavy atom. The minimum Gasteiger partial charge on any atom is -0.310 e. The summed E-state index contributed by atoms with van der Waals surface area (Å²) in [6, 6.07) is 5.72. The zero-order chi connectivity index (χ0) is 11.4. The average molecular weight is 232 g/mol. The summed E-state index contributed by atoms with van der Waals surface area (Å²) in [5.74, 6) is 0.187. The molecule has 6 heteroatoms. The van der Waals surface area contributed by atoms with Gasteiger partial charge < -0.3 is 5.32 Å². The number of nitriles is 1. The van der Waals surface area contributed by atoms with Gasteiger partial charge >= 0.3 is 0 Å². The van der Waals surface area contributed by atoms with Crippen molar-refractivity contribution in [2.45, 2.75) is 6.42 Å². The van der Waals surface area contributed by atoms with Gasteiger partial charge in [-0.3, -0.25) is 9.89 Å². The molecule has 0 saturated heterocycles. The molecule has 2 rings (SSSR count). The second-order valence-corrected chi connectivity index (χ2v) is 4.11. The lowest BCUT2D eigenvalue weighted by Crippen LogP contribution is -2.14. The fourth-order valence-corrected chi connectivity index (χ4v) is 1.92. The van der Waals surface area contributed by atoms with E-state index < -0.39 is 0 Å². The van der Waals surface area contributed by atoms with Gasteiger partial charge in [-0.25, -0.2) is 0 Å². The summed E-state index contributed by atoms with van der Waals surface area (Å²) in [5.41, 5.74) is 0.333. The molecule has 80 valence electrons. The molecule has 0 saturated carbocycles. The van der Waals surface area contributed by atoms with E-state index in [0.717, 1.165) is 4.88 Å². The number of aromatic amines is 1. The van der Waals surface area contributed by atoms with Crippen LogP contribution in [0.1, 0.15) is 10.4 Å². The quantitative estimate of drug-likeness (QED) is 0.841. The Labute approximate surface area is 95.7 Å². The molecule has 1 amide bonds. The summed E-state index contributed by atoms with van der Waals surface area (Å²) >= 11 is 1.52. The number of hydrogen-bond donors (Lipinski definition) is 2. The van der Waals surface area contributed by atoms with Gasteiger partial charge in [-0.15, -0.1) is 11.3 Å². The van der Waals surface area contributed by atoms with Crippen molar-refractivity contribution in [1.29, 1.82) is 5.26 Å². The summed E-state index contributed by atoms with van der Waals surface area (Å²) in [7, 11) is 0. The standard InChI is InChI=1S/C10H8N4OS/c11-5-7-6-12-14-10(7)13-9(15)4-8-2-1-3-16-8/h1-3,6H,4H2,(H2,12,13,14,15). The van der Waals surface area contributed by atoms with Gasteiger partial charge in [0.25, 0.3) is 0 Å². The number of rotatable bonds is 3. The van der Waals surface area contributed by atoms with Crippen molar-refractivity contribution in [2.75, 3.05) is 5.32 Å². The smallest absolute Gasteiger partial charge is 0.230 e. The van der Waals surface area contributed by atoms with Crippen LogP contribution in [-0.4, -0.2) is 16.1 Å². The van der Waals surface area contributed by atoms with Crippen LogP contribution in [-0.2, 0) is 11.2 Å². The zero-order valence-electron chi connectivity index (χ0n) is 8.23. The molecular formula is C10H8N4OS. The number of carbonyl (C=O) groups excluding carboxylic acids is 1. The molecular weight excluding hydrogens is 224 g/mol. The highest BCUT2D eigenvalue weighted by molar-refractivity contribution is 7.10. The van der Waals surface area contributed by atoms with Crippen LogP contribution in [0.5, 0.6) is 0 Å². The van der Waals surface area contributed by atoms with Crippen molar-refractivity contribution in [3.05, 3.63) is 34.2 Å². The van der Waals surface area contributed by atoms with Crippen LogP contribution in [0.4, 0.5) is 5.82 Å². The maximum atomic E-state index is 11.6. The Hall–Kier alpha value is -2.13. The number of anilines is 1. The van der Waals surface area contributed by atoms with Gasteiger partial charge in [-0.1, -0.05) is 6.07 Å². The molecule has 2 aromatic heterocycles. The number of hydrogen-bond acceptors (Lipinski definition) is 4. The highest BCUT2D eigenvalue weighted by Crippen LogP contribution is 2.12. The average Bonchev–Trinajstić information content (AvgIpc) is 2.88. The molecule has 0 aliphatic carbocycles. The van der Waals surface area contributed by atoms with Crippen LogP contribution >= 0.6 is 11.3 Å². The predicted molar refractivity (Wildman–Crippen MR) is 60.0 cm³/mol. The van der Waals surface area contributed by atoms with Crippen molar-refractivity contribution < 1.29 is 4.79 Å². The minimum atomic E-state index is -0.164. The summed E-state index contributed by atoms with van der Waals surface area (Å²) in [6.07, 6.45) is 1.68. The van der Waals surface area contributed by atoms with E-state index in [9.17, 15) is 4.79 Å². The Bertz CT molecular complexity index is 523. The number of thiophene rings is 1. The molecule has 0 atom stereocenters. The highest BCUT2D eigenvalue weighted by Gasteiger charge is 2.09. The van der Waals surface area contributed by atoms with Crippen molar-refractivity contribution in [1.82, 2.24) is 10.2 Å². The number of amides is 1. The third-order valence-corrected chi connectivity index (χ3v) is 2.82. The van der Waals surface area contributed by atoms with Crippen LogP contribution in [0, 0.1) is 11.3 Å². The molecule has 0 bridgehead atoms. The van der Waals surface area contributed by atoms with Gasteiger partial charge in [0.2, 0.25) is 5.91 Å². The largest absolute Gasteiger partial charge is 0.310 e. The van der Waals surface area contributed by atoms with E-state index in [0.29, 0.717) is 17.8 Å². The van der Waals surface area contributed by atoms with E-state index in [-0.39, 0.29) is 5.91 Å². The summed E-state index contributed by atoms with van der Waals surface area (Å²) in [6.45, 7) is 0. The number of nitrogens with one attached hydrogen (secondary N) is 2. The zero-order valence-corrected chi connectivity index (χ0v) is 9.04. The van der Waals surface area contributed by atoms with E-state index in [1.165, 1.54) is 17.5 Å². The second-order valence-electron chi connectivity index (χ2n) is 3.07. The van der Waals surface area contributed by atoms with Crippen LogP contribution < -0.4 is 5.32 Å². The molecule has 0 aliphatic rings. The number of carbonyl (C=O) groups is 1. The number of H-pyrrole nitrogens is 1. The lowest BCUT2D eigenvalue weighted by molar-refractivity contribution is -0.115. The van der Waals surface area contributed by atoms with Crippen LogP contribution in [0.2, 0.25) is 0 Å². The van der Waals surface area contributed by atoms with Crippen molar-refractivity contribution in [3.8, 4) is 6.07 Å². The molecule has 5 nitrogen and oxygen atoms in total. The molecule has 2 heterocycles. The molecule has 0 unspecified atom stereocenters. The van der Waals surface area contributed by atoms with E-state index in [4.69, 9.17) is 5.26 Å². The summed E-state index contributed by atoms with van der Waals surface area (Å²) in [5, 5.41) is 19.5. The Morgan fingerprint density at radius 2 is 2.56 bits per heavy atom. The van der Waals surface area contributed by atoms with Crippen molar-refractivity contribution in [3.63, 3.8) is 0 Å². The first-order chi connectivity index (χ1) is 7.79. The van der Waals surface area contributed by atoms with Gasteiger partial charge in [0.15, 0.2) is 0 Å². The molecule has 0 fully saturated rings. The van der Waals surface area contributed by atoms with E-state index >= 15 is 0 Å². The number of aromatic nitrogens is 2. The molecule has 16 heavy (non-hydrogen) atoms. The molecule has 0 radical (unpaired) electrons. The van der Waals surface area contributed by atoms with Crippen LogP contribution in [0.3, 0.4) is 0 Å². The van der Waals surface area contributed by atoms with Crippen molar-refractivity contribution >= 4 is 23.1 Å². The van der Waals surface area contributed by atoms with E-state index in [1.807, 2.05) is 23.6 Å². The van der Waals surface area contributed by atoms with Crippen LogP contribution in [0.25, 0.3) is 0 Å². The minimum absolute atomic E-state index is 0.164. The van der Waals surface area contributed by atoms with Crippen molar-refractivity contribution in [2.24, 2.45) is 0 Å². The molecule has 0 aromatic carbocycles. The lowest BCUT2D eigenvalue weighted by Gasteiger charge is -2.00. The fourth-order valence-electron chi connectivity index (χ4n) is 1.22. The van der Waals surface area contributed by atoms with Gasteiger partial charge in [0.05, 0.1) is 12.6 Å². The highest BCUT2D eigenvalue weighted by atomic mass is 32.1. The van der Waals surface area contributed by atoms with E-state index in [1.54, 1.807) is 0 Å². The SMILES string of the molecule is N#Cc1cn[nH]c1NC(=O)Cc1cccs1. The topological polar surface area (TPSA) is 81.6 Å². The first-order valence-corrected chi connectivity index (χ1v) is 5.43. The molecule has 0 aliphatic heterocycles. The third-order valence-electron chi connectivity index (χ3n) is 1.94. The Morgan fingerprint density at radius 3 is 3.25 bits per heavy atom. The van der Waals surface area contributed by atoms with Gasteiger partial charge in [0, 0.05) is 4.88 Å². The van der Waals surface area contributed by atoms with Gasteiger partial charge in [-0.05, 0) is 11.4 Å².